The molecule has 0 saturated carbocycles. The van der Waals surface area contributed by atoms with Crippen molar-refractivity contribution in [1.29, 1.82) is 0 Å². The first-order chi connectivity index (χ1) is 8.16. The quantitative estimate of drug-likeness (QED) is 0.834. The Morgan fingerprint density at radius 2 is 2.24 bits per heavy atom. The highest BCUT2D eigenvalue weighted by molar-refractivity contribution is 5.32. The molecule has 1 saturated heterocycles. The fourth-order valence-corrected chi connectivity index (χ4v) is 2.59. The minimum Gasteiger partial charge on any atom is -0.313 e. The molecule has 1 heterocycles. The molecule has 17 heavy (non-hydrogen) atoms. The van der Waals surface area contributed by atoms with Crippen LogP contribution in [0.1, 0.15) is 42.5 Å². The van der Waals surface area contributed by atoms with Crippen LogP contribution < -0.4 is 10.6 Å². The van der Waals surface area contributed by atoms with Crippen molar-refractivity contribution in [3.8, 4) is 0 Å². The molecule has 2 nitrogen and oxygen atoms in total. The Morgan fingerprint density at radius 3 is 2.94 bits per heavy atom. The highest BCUT2D eigenvalue weighted by Gasteiger charge is 2.15. The summed E-state index contributed by atoms with van der Waals surface area (Å²) < 4.78 is 0. The summed E-state index contributed by atoms with van der Waals surface area (Å²) in [5.41, 5.74) is 4.16. The predicted octanol–water partition coefficient (Wildman–Crippen LogP) is 2.71. The van der Waals surface area contributed by atoms with Crippen LogP contribution in [0.2, 0.25) is 0 Å². The van der Waals surface area contributed by atoms with E-state index in [-0.39, 0.29) is 0 Å². The van der Waals surface area contributed by atoms with E-state index >= 15 is 0 Å². The van der Waals surface area contributed by atoms with Crippen molar-refractivity contribution in [2.75, 3.05) is 13.1 Å². The van der Waals surface area contributed by atoms with Gasteiger partial charge in [0.05, 0.1) is 0 Å². The van der Waals surface area contributed by atoms with Crippen LogP contribution in [0.15, 0.2) is 18.2 Å². The van der Waals surface area contributed by atoms with Crippen molar-refractivity contribution in [3.05, 3.63) is 34.9 Å². The number of benzene rings is 1. The summed E-state index contributed by atoms with van der Waals surface area (Å²) in [5.74, 6) is 0. The first-order valence-electron chi connectivity index (χ1n) is 6.71. The van der Waals surface area contributed by atoms with Crippen molar-refractivity contribution in [2.24, 2.45) is 0 Å². The SMILES string of the molecule is Cc1ccc(C)c(C(C)NCC2CCCN2)c1. The highest BCUT2D eigenvalue weighted by Crippen LogP contribution is 2.19. The van der Waals surface area contributed by atoms with Gasteiger partial charge in [0.1, 0.15) is 0 Å². The Hall–Kier alpha value is -0.860. The van der Waals surface area contributed by atoms with Crippen LogP contribution in [-0.2, 0) is 0 Å². The lowest BCUT2D eigenvalue weighted by atomic mass is 10.00. The van der Waals surface area contributed by atoms with Crippen LogP contribution >= 0.6 is 0 Å². The summed E-state index contributed by atoms with van der Waals surface area (Å²) in [6.07, 6.45) is 2.64. The van der Waals surface area contributed by atoms with Gasteiger partial charge in [-0.25, -0.2) is 0 Å². The molecular weight excluding hydrogens is 208 g/mol. The van der Waals surface area contributed by atoms with Gasteiger partial charge in [0.2, 0.25) is 0 Å². The van der Waals surface area contributed by atoms with Gasteiger partial charge in [0.15, 0.2) is 0 Å². The Balaban J connectivity index is 1.93. The number of hydrogen-bond acceptors (Lipinski definition) is 2. The minimum absolute atomic E-state index is 0.442. The lowest BCUT2D eigenvalue weighted by molar-refractivity contribution is 0.488. The van der Waals surface area contributed by atoms with E-state index in [0.717, 1.165) is 6.54 Å². The molecule has 0 aromatic heterocycles. The maximum absolute atomic E-state index is 3.65. The molecule has 2 rings (SSSR count). The van der Waals surface area contributed by atoms with E-state index in [1.165, 1.54) is 36.1 Å². The molecule has 1 aliphatic heterocycles. The van der Waals surface area contributed by atoms with Crippen molar-refractivity contribution in [1.82, 2.24) is 10.6 Å². The van der Waals surface area contributed by atoms with Crippen LogP contribution in [0.4, 0.5) is 0 Å². The van der Waals surface area contributed by atoms with Crippen LogP contribution in [-0.4, -0.2) is 19.1 Å². The van der Waals surface area contributed by atoms with E-state index in [0.29, 0.717) is 12.1 Å². The molecule has 0 amide bonds. The molecule has 2 N–H and O–H groups in total. The van der Waals surface area contributed by atoms with Crippen LogP contribution in [0, 0.1) is 13.8 Å². The van der Waals surface area contributed by atoms with Gasteiger partial charge in [-0.15, -0.1) is 0 Å². The zero-order valence-electron chi connectivity index (χ0n) is 11.2. The second-order valence-electron chi connectivity index (χ2n) is 5.28. The molecule has 0 bridgehead atoms. The Kier molecular flexibility index (Phi) is 4.19. The number of rotatable bonds is 4. The monoisotopic (exact) mass is 232 g/mol. The van der Waals surface area contributed by atoms with E-state index in [1.807, 2.05) is 0 Å². The fourth-order valence-electron chi connectivity index (χ4n) is 2.59. The molecule has 0 radical (unpaired) electrons. The van der Waals surface area contributed by atoms with Gasteiger partial charge in [-0.3, -0.25) is 0 Å². The maximum atomic E-state index is 3.65. The largest absolute Gasteiger partial charge is 0.313 e. The fraction of sp³-hybridized carbons (Fsp3) is 0.600. The summed E-state index contributed by atoms with van der Waals surface area (Å²) in [7, 11) is 0. The molecular formula is C15H24N2. The molecule has 1 aliphatic rings. The molecule has 2 unspecified atom stereocenters. The van der Waals surface area contributed by atoms with Crippen LogP contribution in [0.3, 0.4) is 0 Å². The predicted molar refractivity (Wildman–Crippen MR) is 73.4 cm³/mol. The van der Waals surface area contributed by atoms with Crippen LogP contribution in [0.25, 0.3) is 0 Å². The topological polar surface area (TPSA) is 24.1 Å². The molecule has 1 aromatic carbocycles. The Bertz CT molecular complexity index is 367. The Morgan fingerprint density at radius 1 is 1.41 bits per heavy atom. The number of nitrogens with one attached hydrogen (secondary N) is 2. The van der Waals surface area contributed by atoms with Crippen molar-refractivity contribution < 1.29 is 0 Å². The normalized spacial score (nSPS) is 21.7. The van der Waals surface area contributed by atoms with Gasteiger partial charge in [-0.05, 0) is 51.3 Å². The van der Waals surface area contributed by atoms with Gasteiger partial charge in [-0.2, -0.15) is 0 Å². The summed E-state index contributed by atoms with van der Waals surface area (Å²) in [5, 5.41) is 7.17. The maximum Gasteiger partial charge on any atom is 0.0295 e. The van der Waals surface area contributed by atoms with Gasteiger partial charge in [-0.1, -0.05) is 23.8 Å². The molecule has 1 aromatic rings. The van der Waals surface area contributed by atoms with E-state index in [1.54, 1.807) is 0 Å². The smallest absolute Gasteiger partial charge is 0.0295 e. The average Bonchev–Trinajstić information content (AvgIpc) is 2.82. The summed E-state index contributed by atoms with van der Waals surface area (Å²) >= 11 is 0. The second kappa shape index (κ2) is 5.65. The first kappa shape index (κ1) is 12.6. The third-order valence-electron chi connectivity index (χ3n) is 3.73. The zero-order valence-corrected chi connectivity index (χ0v) is 11.2. The lowest BCUT2D eigenvalue weighted by Crippen LogP contribution is -2.35. The van der Waals surface area contributed by atoms with Crippen molar-refractivity contribution in [3.63, 3.8) is 0 Å². The van der Waals surface area contributed by atoms with Crippen molar-refractivity contribution >= 4 is 0 Å². The van der Waals surface area contributed by atoms with E-state index in [2.05, 4.69) is 49.6 Å². The molecule has 94 valence electrons. The van der Waals surface area contributed by atoms with Gasteiger partial charge in [0.25, 0.3) is 0 Å². The third-order valence-corrected chi connectivity index (χ3v) is 3.73. The van der Waals surface area contributed by atoms with E-state index in [9.17, 15) is 0 Å². The minimum atomic E-state index is 0.442. The van der Waals surface area contributed by atoms with E-state index in [4.69, 9.17) is 0 Å². The van der Waals surface area contributed by atoms with Gasteiger partial charge in [0, 0.05) is 18.6 Å². The standard InChI is InChI=1S/C15H24N2/c1-11-6-7-12(2)15(9-11)13(3)17-10-14-5-4-8-16-14/h6-7,9,13-14,16-17H,4-5,8,10H2,1-3H3. The zero-order chi connectivity index (χ0) is 12.3. The highest BCUT2D eigenvalue weighted by atomic mass is 15.0. The Labute approximate surface area is 105 Å². The van der Waals surface area contributed by atoms with Crippen LogP contribution in [0.5, 0.6) is 0 Å². The van der Waals surface area contributed by atoms with Gasteiger partial charge >= 0.3 is 0 Å². The molecule has 0 aliphatic carbocycles. The molecule has 1 fully saturated rings. The summed E-state index contributed by atoms with van der Waals surface area (Å²) in [4.78, 5) is 0. The number of aryl methyl sites for hydroxylation is 2. The molecule has 2 heteroatoms. The third kappa shape index (κ3) is 3.30. The second-order valence-corrected chi connectivity index (χ2v) is 5.28. The molecule has 0 spiro atoms. The van der Waals surface area contributed by atoms with E-state index < -0.39 is 0 Å². The summed E-state index contributed by atoms with van der Waals surface area (Å²) in [6, 6.07) is 7.82. The summed E-state index contributed by atoms with van der Waals surface area (Å²) in [6.45, 7) is 8.88. The molecule has 2 atom stereocenters. The number of hydrogen-bond donors (Lipinski definition) is 2. The lowest BCUT2D eigenvalue weighted by Gasteiger charge is -2.20. The van der Waals surface area contributed by atoms with Gasteiger partial charge < -0.3 is 10.6 Å². The first-order valence-corrected chi connectivity index (χ1v) is 6.71. The van der Waals surface area contributed by atoms with Crippen molar-refractivity contribution in [2.45, 2.75) is 45.7 Å². The average molecular weight is 232 g/mol.